The molecule has 0 saturated carbocycles. The van der Waals surface area contributed by atoms with Gasteiger partial charge >= 0.3 is 0 Å². The zero-order valence-corrected chi connectivity index (χ0v) is 15.2. The van der Waals surface area contributed by atoms with Crippen molar-refractivity contribution in [3.8, 4) is 0 Å². The number of carbonyl (C=O) groups is 1. The predicted octanol–water partition coefficient (Wildman–Crippen LogP) is 2.99. The number of thioether (sulfide) groups is 1. The van der Waals surface area contributed by atoms with Crippen LogP contribution in [0.2, 0.25) is 0 Å². The highest BCUT2D eigenvalue weighted by Gasteiger charge is 2.18. The predicted molar refractivity (Wildman–Crippen MR) is 99.2 cm³/mol. The van der Waals surface area contributed by atoms with Crippen molar-refractivity contribution < 1.29 is 4.79 Å². The largest absolute Gasteiger partial charge is 0.321 e. The molecule has 8 heteroatoms. The van der Waals surface area contributed by atoms with Crippen molar-refractivity contribution in [1.82, 2.24) is 20.3 Å². The maximum atomic E-state index is 12.3. The van der Waals surface area contributed by atoms with Crippen molar-refractivity contribution in [2.24, 2.45) is 0 Å². The summed E-state index contributed by atoms with van der Waals surface area (Å²) in [5, 5.41) is 14.4. The highest BCUT2D eigenvalue weighted by atomic mass is 35.5. The van der Waals surface area contributed by atoms with Gasteiger partial charge in [0.2, 0.25) is 0 Å². The number of halogens is 1. The van der Waals surface area contributed by atoms with E-state index in [2.05, 4.69) is 27.9 Å². The third-order valence-corrected chi connectivity index (χ3v) is 4.70. The number of aromatic nitrogens is 3. The maximum absolute atomic E-state index is 12.3. The topological polar surface area (TPSA) is 71.8 Å². The molecule has 2 aromatic rings. The van der Waals surface area contributed by atoms with Crippen LogP contribution in [0.15, 0.2) is 35.4 Å². The van der Waals surface area contributed by atoms with Gasteiger partial charge in [-0.3, -0.25) is 4.79 Å². The zero-order valence-electron chi connectivity index (χ0n) is 13.6. The van der Waals surface area contributed by atoms with Gasteiger partial charge in [0, 0.05) is 10.6 Å². The maximum Gasteiger partial charge on any atom is 0.277 e. The molecule has 2 N–H and O–H groups in total. The van der Waals surface area contributed by atoms with Crippen molar-refractivity contribution in [3.05, 3.63) is 36.2 Å². The molecule has 0 atom stereocenters. The van der Waals surface area contributed by atoms with E-state index in [1.54, 1.807) is 18.0 Å². The minimum Gasteiger partial charge on any atom is -0.321 e. The summed E-state index contributed by atoms with van der Waals surface area (Å²) in [6, 6.07) is 8.17. The van der Waals surface area contributed by atoms with Crippen LogP contribution in [0.25, 0.3) is 0 Å². The molecule has 6 nitrogen and oxygen atoms in total. The number of hydrogen-bond acceptors (Lipinski definition) is 5. The Balaban J connectivity index is 0.00000208. The van der Waals surface area contributed by atoms with Crippen LogP contribution in [0.3, 0.4) is 0 Å². The first-order valence-electron chi connectivity index (χ1n) is 7.93. The summed E-state index contributed by atoms with van der Waals surface area (Å²) in [5.74, 6) is 0.783. The fraction of sp³-hybridized carbons (Fsp3) is 0.438. The summed E-state index contributed by atoms with van der Waals surface area (Å²) < 4.78 is 1.82. The lowest BCUT2D eigenvalue weighted by Gasteiger charge is -2.22. The molecule has 0 bridgehead atoms. The number of piperidine rings is 1. The molecule has 1 aliphatic heterocycles. The van der Waals surface area contributed by atoms with Gasteiger partial charge in [-0.2, -0.15) is 0 Å². The Kier molecular flexibility index (Phi) is 7.08. The number of nitrogens with one attached hydrogen (secondary N) is 2. The molecule has 0 radical (unpaired) electrons. The van der Waals surface area contributed by atoms with Gasteiger partial charge in [0.25, 0.3) is 5.91 Å². The second-order valence-electron chi connectivity index (χ2n) is 5.48. The normalized spacial score (nSPS) is 14.9. The third kappa shape index (κ3) is 4.72. The Labute approximate surface area is 152 Å². The van der Waals surface area contributed by atoms with E-state index < -0.39 is 0 Å². The second kappa shape index (κ2) is 9.05. The van der Waals surface area contributed by atoms with Gasteiger partial charge < -0.3 is 10.6 Å². The number of rotatable bonds is 5. The summed E-state index contributed by atoms with van der Waals surface area (Å²) in [5.41, 5.74) is 1.14. The molecule has 2 heterocycles. The van der Waals surface area contributed by atoms with Gasteiger partial charge in [-0.25, -0.2) is 4.68 Å². The quantitative estimate of drug-likeness (QED) is 0.795. The summed E-state index contributed by atoms with van der Waals surface area (Å²) in [7, 11) is 0. The first-order valence-corrected chi connectivity index (χ1v) is 8.91. The monoisotopic (exact) mass is 367 g/mol. The first-order chi connectivity index (χ1) is 11.3. The van der Waals surface area contributed by atoms with E-state index in [0.717, 1.165) is 42.3 Å². The minimum absolute atomic E-state index is 0. The molecule has 1 fully saturated rings. The van der Waals surface area contributed by atoms with E-state index in [1.807, 2.05) is 28.9 Å². The van der Waals surface area contributed by atoms with Crippen LogP contribution in [-0.2, 0) is 0 Å². The van der Waals surface area contributed by atoms with Crippen molar-refractivity contribution in [2.45, 2.75) is 30.7 Å². The summed E-state index contributed by atoms with van der Waals surface area (Å²) in [4.78, 5) is 13.5. The van der Waals surface area contributed by atoms with Gasteiger partial charge in [-0.05, 0) is 49.9 Å². The van der Waals surface area contributed by atoms with Gasteiger partial charge in [0.15, 0.2) is 5.69 Å². The SMILES string of the molecule is CCSc1cccc(NC(=O)c2cn(C3CCNCC3)nn2)c1.Cl. The Morgan fingerprint density at radius 2 is 2.21 bits per heavy atom. The van der Waals surface area contributed by atoms with E-state index in [1.165, 1.54) is 0 Å². The molecule has 0 spiro atoms. The summed E-state index contributed by atoms with van der Waals surface area (Å²) >= 11 is 1.75. The van der Waals surface area contributed by atoms with E-state index >= 15 is 0 Å². The molecule has 1 saturated heterocycles. The number of hydrogen-bond donors (Lipinski definition) is 2. The molecular formula is C16H22ClN5OS. The third-order valence-electron chi connectivity index (χ3n) is 3.83. The minimum atomic E-state index is -0.219. The average molecular weight is 368 g/mol. The molecule has 130 valence electrons. The first kappa shape index (κ1) is 18.8. The van der Waals surface area contributed by atoms with Gasteiger partial charge in [-0.15, -0.1) is 29.3 Å². The smallest absolute Gasteiger partial charge is 0.277 e. The average Bonchev–Trinajstić information content (AvgIpc) is 3.06. The Hall–Kier alpha value is -1.57. The number of amides is 1. The molecule has 1 aliphatic rings. The van der Waals surface area contributed by atoms with Gasteiger partial charge in [0.05, 0.1) is 12.2 Å². The number of anilines is 1. The van der Waals surface area contributed by atoms with Crippen molar-refractivity contribution in [1.29, 1.82) is 0 Å². The van der Waals surface area contributed by atoms with Crippen LogP contribution in [0.1, 0.15) is 36.3 Å². The molecule has 3 rings (SSSR count). The molecule has 1 aromatic carbocycles. The summed E-state index contributed by atoms with van der Waals surface area (Å²) in [6.07, 6.45) is 3.78. The standard InChI is InChI=1S/C16H21N5OS.ClH/c1-2-23-14-5-3-4-12(10-14)18-16(22)15-11-21(20-19-15)13-6-8-17-9-7-13;/h3-5,10-11,13,17H,2,6-9H2,1H3,(H,18,22);1H. The molecule has 0 aliphatic carbocycles. The number of carbonyl (C=O) groups excluding carboxylic acids is 1. The van der Waals surface area contributed by atoms with Crippen LogP contribution in [0.4, 0.5) is 5.69 Å². The van der Waals surface area contributed by atoms with Gasteiger partial charge in [-0.1, -0.05) is 18.2 Å². The van der Waals surface area contributed by atoms with E-state index in [-0.39, 0.29) is 18.3 Å². The molecule has 24 heavy (non-hydrogen) atoms. The van der Waals surface area contributed by atoms with Crippen molar-refractivity contribution in [2.75, 3.05) is 24.2 Å². The van der Waals surface area contributed by atoms with Crippen molar-refractivity contribution >= 4 is 35.8 Å². The molecule has 0 unspecified atom stereocenters. The van der Waals surface area contributed by atoms with Crippen LogP contribution >= 0.6 is 24.2 Å². The lowest BCUT2D eigenvalue weighted by Crippen LogP contribution is -2.29. The Morgan fingerprint density at radius 1 is 1.42 bits per heavy atom. The lowest BCUT2D eigenvalue weighted by molar-refractivity contribution is 0.102. The Morgan fingerprint density at radius 3 is 2.96 bits per heavy atom. The second-order valence-corrected chi connectivity index (χ2v) is 6.82. The van der Waals surface area contributed by atoms with Crippen LogP contribution in [0.5, 0.6) is 0 Å². The fourth-order valence-corrected chi connectivity index (χ4v) is 3.37. The van der Waals surface area contributed by atoms with Crippen molar-refractivity contribution in [3.63, 3.8) is 0 Å². The summed E-state index contributed by atoms with van der Waals surface area (Å²) in [6.45, 7) is 4.07. The lowest BCUT2D eigenvalue weighted by atomic mass is 10.1. The highest BCUT2D eigenvalue weighted by molar-refractivity contribution is 7.99. The molecule has 1 amide bonds. The number of nitrogens with zero attached hydrogens (tertiary/aromatic N) is 3. The Bertz CT molecular complexity index is 672. The van der Waals surface area contributed by atoms with E-state index in [0.29, 0.717) is 11.7 Å². The molecular weight excluding hydrogens is 346 g/mol. The number of benzene rings is 1. The van der Waals surface area contributed by atoms with Crippen LogP contribution < -0.4 is 10.6 Å². The van der Waals surface area contributed by atoms with Crippen LogP contribution in [-0.4, -0.2) is 39.7 Å². The van der Waals surface area contributed by atoms with E-state index in [9.17, 15) is 4.79 Å². The van der Waals surface area contributed by atoms with Crippen LogP contribution in [0, 0.1) is 0 Å². The van der Waals surface area contributed by atoms with E-state index in [4.69, 9.17) is 0 Å². The highest BCUT2D eigenvalue weighted by Crippen LogP contribution is 2.22. The zero-order chi connectivity index (χ0) is 16.1. The molecule has 1 aromatic heterocycles. The van der Waals surface area contributed by atoms with Gasteiger partial charge in [0.1, 0.15) is 0 Å². The fourth-order valence-electron chi connectivity index (χ4n) is 2.66.